The van der Waals surface area contributed by atoms with Crippen LogP contribution in [0.4, 0.5) is 0 Å². The van der Waals surface area contributed by atoms with Gasteiger partial charge in [-0.15, -0.1) is 0 Å². The number of aromatic nitrogens is 1. The van der Waals surface area contributed by atoms with Gasteiger partial charge in [-0.1, -0.05) is 18.0 Å². The zero-order chi connectivity index (χ0) is 14.1. The van der Waals surface area contributed by atoms with Crippen LogP contribution in [0.2, 0.25) is 0 Å². The molecule has 0 unspecified atom stereocenters. The molecule has 2 heterocycles. The second kappa shape index (κ2) is 5.56. The predicted molar refractivity (Wildman–Crippen MR) is 73.0 cm³/mol. The van der Waals surface area contributed by atoms with Gasteiger partial charge in [0.25, 0.3) is 0 Å². The number of rotatable bonds is 3. The summed E-state index contributed by atoms with van der Waals surface area (Å²) in [6.45, 7) is 2.98. The smallest absolute Gasteiger partial charge is 0.225 e. The molecule has 1 saturated heterocycles. The lowest BCUT2D eigenvalue weighted by molar-refractivity contribution is -0.134. The van der Waals surface area contributed by atoms with Gasteiger partial charge in [0.1, 0.15) is 5.76 Å². The molecular weight excluding hydrogens is 256 g/mol. The maximum Gasteiger partial charge on any atom is 0.225 e. The lowest BCUT2D eigenvalue weighted by Crippen LogP contribution is -2.34. The molecule has 5 heteroatoms. The van der Waals surface area contributed by atoms with E-state index in [4.69, 9.17) is 4.52 Å². The van der Waals surface area contributed by atoms with Gasteiger partial charge >= 0.3 is 0 Å². The van der Waals surface area contributed by atoms with Crippen LogP contribution in [0.15, 0.2) is 10.6 Å². The van der Waals surface area contributed by atoms with Crippen LogP contribution in [0.1, 0.15) is 37.1 Å². The lowest BCUT2D eigenvalue weighted by Gasteiger charge is -2.20. The summed E-state index contributed by atoms with van der Waals surface area (Å²) in [7, 11) is 0. The van der Waals surface area contributed by atoms with Crippen molar-refractivity contribution in [3.63, 3.8) is 0 Å². The number of likely N-dealkylation sites (tertiary alicyclic amines) is 1. The van der Waals surface area contributed by atoms with Crippen molar-refractivity contribution in [1.82, 2.24) is 10.1 Å². The van der Waals surface area contributed by atoms with E-state index in [-0.39, 0.29) is 17.7 Å². The molecule has 2 aliphatic rings. The van der Waals surface area contributed by atoms with Crippen molar-refractivity contribution in [2.24, 2.45) is 11.8 Å². The molecule has 0 spiro atoms. The van der Waals surface area contributed by atoms with Crippen LogP contribution in [-0.2, 0) is 11.2 Å². The first-order valence-corrected chi connectivity index (χ1v) is 7.52. The van der Waals surface area contributed by atoms with E-state index in [2.05, 4.69) is 5.16 Å². The zero-order valence-electron chi connectivity index (χ0n) is 11.9. The van der Waals surface area contributed by atoms with E-state index in [0.717, 1.165) is 37.1 Å². The van der Waals surface area contributed by atoms with E-state index in [1.165, 1.54) is 0 Å². The summed E-state index contributed by atoms with van der Waals surface area (Å²) in [5.41, 5.74) is 0.853. The molecule has 3 rings (SSSR count). The minimum atomic E-state index is -0.453. The summed E-state index contributed by atoms with van der Waals surface area (Å²) in [6.07, 6.45) is 4.54. The van der Waals surface area contributed by atoms with Crippen LogP contribution in [-0.4, -0.2) is 40.3 Å². The maximum absolute atomic E-state index is 12.4. The number of β-amino-alcohol motifs (C(OH)–C–C–N with tert-alkyl or cyclic N) is 1. The summed E-state index contributed by atoms with van der Waals surface area (Å²) < 4.78 is 5.21. The minimum Gasteiger partial charge on any atom is -0.391 e. The molecule has 1 saturated carbocycles. The molecule has 2 atom stereocenters. The molecule has 2 fully saturated rings. The molecule has 1 aliphatic heterocycles. The molecule has 1 amide bonds. The van der Waals surface area contributed by atoms with Gasteiger partial charge in [0.2, 0.25) is 5.91 Å². The van der Waals surface area contributed by atoms with E-state index < -0.39 is 6.10 Å². The first-order valence-electron chi connectivity index (χ1n) is 7.52. The fourth-order valence-electron chi connectivity index (χ4n) is 3.44. The molecule has 0 aromatic carbocycles. The van der Waals surface area contributed by atoms with Crippen molar-refractivity contribution in [2.45, 2.75) is 45.1 Å². The van der Waals surface area contributed by atoms with Crippen molar-refractivity contribution in [2.75, 3.05) is 13.1 Å². The normalized spacial score (nSPS) is 27.4. The molecular formula is C15H22N2O3. The SMILES string of the molecule is Cc1cc(C[C@@H]2CN(C(=O)C3CCCC3)C[C@@H]2O)on1. The number of aliphatic hydroxyl groups excluding tert-OH is 1. The Kier molecular flexibility index (Phi) is 3.78. The Bertz CT molecular complexity index is 479. The number of amides is 1. The van der Waals surface area contributed by atoms with Gasteiger partial charge in [-0.3, -0.25) is 4.79 Å². The van der Waals surface area contributed by atoms with Crippen LogP contribution >= 0.6 is 0 Å². The molecule has 1 aromatic heterocycles. The quantitative estimate of drug-likeness (QED) is 0.910. The summed E-state index contributed by atoms with van der Waals surface area (Å²) in [5.74, 6) is 1.28. The second-order valence-electron chi connectivity index (χ2n) is 6.19. The van der Waals surface area contributed by atoms with E-state index in [0.29, 0.717) is 19.5 Å². The average molecular weight is 278 g/mol. The minimum absolute atomic E-state index is 0.0627. The molecule has 1 aliphatic carbocycles. The van der Waals surface area contributed by atoms with Crippen molar-refractivity contribution in [3.05, 3.63) is 17.5 Å². The van der Waals surface area contributed by atoms with E-state index in [1.54, 1.807) is 0 Å². The van der Waals surface area contributed by atoms with E-state index in [1.807, 2.05) is 17.9 Å². The average Bonchev–Trinajstić information content (AvgIpc) is 3.12. The first kappa shape index (κ1) is 13.6. The second-order valence-corrected chi connectivity index (χ2v) is 6.19. The standard InChI is InChI=1S/C15H22N2O3/c1-10-6-13(20-16-10)7-12-8-17(9-14(12)18)15(19)11-4-2-3-5-11/h6,11-12,14,18H,2-5,7-9H2,1H3/t12-,14+/m1/s1. The number of hydrogen-bond donors (Lipinski definition) is 1. The topological polar surface area (TPSA) is 66.6 Å². The van der Waals surface area contributed by atoms with Crippen molar-refractivity contribution >= 4 is 5.91 Å². The summed E-state index contributed by atoms with van der Waals surface area (Å²) >= 11 is 0. The highest BCUT2D eigenvalue weighted by molar-refractivity contribution is 5.79. The van der Waals surface area contributed by atoms with Crippen molar-refractivity contribution < 1.29 is 14.4 Å². The Morgan fingerprint density at radius 2 is 2.20 bits per heavy atom. The van der Waals surface area contributed by atoms with Gasteiger partial charge in [0.15, 0.2) is 0 Å². The third-order valence-electron chi connectivity index (χ3n) is 4.56. The highest BCUT2D eigenvalue weighted by Gasteiger charge is 2.37. The summed E-state index contributed by atoms with van der Waals surface area (Å²) in [5, 5.41) is 14.0. The van der Waals surface area contributed by atoms with Crippen LogP contribution < -0.4 is 0 Å². The fraction of sp³-hybridized carbons (Fsp3) is 0.733. The molecule has 5 nitrogen and oxygen atoms in total. The van der Waals surface area contributed by atoms with Crippen molar-refractivity contribution in [3.8, 4) is 0 Å². The molecule has 1 N–H and O–H groups in total. The van der Waals surface area contributed by atoms with Crippen LogP contribution in [0.3, 0.4) is 0 Å². The summed E-state index contributed by atoms with van der Waals surface area (Å²) in [4.78, 5) is 14.2. The Morgan fingerprint density at radius 3 is 2.85 bits per heavy atom. The van der Waals surface area contributed by atoms with Gasteiger partial charge in [0.05, 0.1) is 11.8 Å². The maximum atomic E-state index is 12.4. The molecule has 1 aromatic rings. The van der Waals surface area contributed by atoms with Gasteiger partial charge in [-0.25, -0.2) is 0 Å². The van der Waals surface area contributed by atoms with Gasteiger partial charge in [-0.05, 0) is 19.8 Å². The van der Waals surface area contributed by atoms with E-state index >= 15 is 0 Å². The molecule has 20 heavy (non-hydrogen) atoms. The molecule has 0 radical (unpaired) electrons. The van der Waals surface area contributed by atoms with Crippen molar-refractivity contribution in [1.29, 1.82) is 0 Å². The van der Waals surface area contributed by atoms with Crippen LogP contribution in [0.5, 0.6) is 0 Å². The number of carbonyl (C=O) groups excluding carboxylic acids is 1. The predicted octanol–water partition coefficient (Wildman–Crippen LogP) is 1.54. The number of carbonyl (C=O) groups is 1. The Labute approximate surface area is 118 Å². The number of hydrogen-bond acceptors (Lipinski definition) is 4. The van der Waals surface area contributed by atoms with Gasteiger partial charge in [-0.2, -0.15) is 0 Å². The summed E-state index contributed by atoms with van der Waals surface area (Å²) in [6, 6.07) is 1.90. The largest absolute Gasteiger partial charge is 0.391 e. The Morgan fingerprint density at radius 1 is 1.45 bits per heavy atom. The number of aryl methyl sites for hydroxylation is 1. The van der Waals surface area contributed by atoms with Gasteiger partial charge < -0.3 is 14.5 Å². The van der Waals surface area contributed by atoms with E-state index in [9.17, 15) is 9.90 Å². The first-order chi connectivity index (χ1) is 9.63. The lowest BCUT2D eigenvalue weighted by atomic mass is 10.0. The zero-order valence-corrected chi connectivity index (χ0v) is 11.9. The third-order valence-corrected chi connectivity index (χ3v) is 4.56. The van der Waals surface area contributed by atoms with Gasteiger partial charge in [0, 0.05) is 37.4 Å². The Balaban J connectivity index is 1.59. The van der Waals surface area contributed by atoms with Crippen LogP contribution in [0.25, 0.3) is 0 Å². The fourth-order valence-corrected chi connectivity index (χ4v) is 3.44. The monoisotopic (exact) mass is 278 g/mol. The molecule has 0 bridgehead atoms. The third kappa shape index (κ3) is 2.73. The highest BCUT2D eigenvalue weighted by Crippen LogP contribution is 2.30. The Hall–Kier alpha value is -1.36. The molecule has 110 valence electrons. The number of aliphatic hydroxyl groups is 1. The number of nitrogens with zero attached hydrogens (tertiary/aromatic N) is 2. The van der Waals surface area contributed by atoms with Crippen LogP contribution in [0, 0.1) is 18.8 Å². The highest BCUT2D eigenvalue weighted by atomic mass is 16.5.